The first-order chi connectivity index (χ1) is 10.4. The second-order valence-corrected chi connectivity index (χ2v) is 7.55. The van der Waals surface area contributed by atoms with Crippen LogP contribution in [0.4, 0.5) is 0 Å². The van der Waals surface area contributed by atoms with Crippen molar-refractivity contribution in [2.45, 2.75) is 30.2 Å². The second-order valence-electron chi connectivity index (χ2n) is 5.15. The molecule has 0 atom stereocenters. The molecule has 7 heteroatoms. The molecule has 0 radical (unpaired) electrons. The largest absolute Gasteiger partial charge is 0.476 e. The summed E-state index contributed by atoms with van der Waals surface area (Å²) in [5.41, 5.74) is -0.356. The molecule has 2 aromatic rings. The van der Waals surface area contributed by atoms with Crippen molar-refractivity contribution in [1.29, 1.82) is 0 Å². The van der Waals surface area contributed by atoms with E-state index in [0.29, 0.717) is 17.2 Å². The van der Waals surface area contributed by atoms with Crippen LogP contribution in [0.25, 0.3) is 0 Å². The molecule has 2 rings (SSSR count). The van der Waals surface area contributed by atoms with E-state index in [1.807, 2.05) is 13.8 Å². The minimum atomic E-state index is -3.45. The normalized spacial score (nSPS) is 11.8. The van der Waals surface area contributed by atoms with E-state index >= 15 is 0 Å². The number of nitrogens with one attached hydrogen (secondary N) is 1. The molecule has 0 saturated carbocycles. The number of benzene rings is 1. The summed E-state index contributed by atoms with van der Waals surface area (Å²) in [6, 6.07) is 8.58. The summed E-state index contributed by atoms with van der Waals surface area (Å²) >= 11 is 0. The topological polar surface area (TPSA) is 95.9 Å². The summed E-state index contributed by atoms with van der Waals surface area (Å²) in [7, 11) is -3.45. The van der Waals surface area contributed by atoms with Crippen LogP contribution in [-0.4, -0.2) is 30.7 Å². The second kappa shape index (κ2) is 6.54. The Balaban J connectivity index is 2.60. The molecule has 0 bridgehead atoms. The maximum absolute atomic E-state index is 13.4. The molecule has 6 nitrogen and oxygen atoms in total. The van der Waals surface area contributed by atoms with Crippen molar-refractivity contribution in [2.75, 3.05) is 0 Å². The first-order valence-electron chi connectivity index (χ1n) is 6.76. The van der Waals surface area contributed by atoms with E-state index in [9.17, 15) is 14.1 Å². The molecule has 0 fully saturated rings. The SMILES string of the molecule is CC(C)CC#C[SH](=O)(c1ccccc1)c1[nH]nnc1C(=O)O. The lowest BCUT2D eigenvalue weighted by molar-refractivity contribution is 0.0686. The standard InChI is InChI=1S/C15H17N3O3S/c1-11(2)7-6-10-22(21,12-8-4-3-5-9-12)14-13(15(19)20)16-18-17-14/h3-5,8-9,11,22H,7H2,1-2H3,(H,19,20)(H,16,17,18). The van der Waals surface area contributed by atoms with E-state index in [-0.39, 0.29) is 10.7 Å². The number of nitrogens with zero attached hydrogens (tertiary/aromatic N) is 2. The zero-order valence-corrected chi connectivity index (χ0v) is 13.2. The van der Waals surface area contributed by atoms with E-state index in [1.165, 1.54) is 0 Å². The van der Waals surface area contributed by atoms with Gasteiger partial charge < -0.3 is 5.11 Å². The maximum atomic E-state index is 13.4. The number of H-pyrrole nitrogens is 1. The van der Waals surface area contributed by atoms with E-state index in [1.54, 1.807) is 30.3 Å². The Morgan fingerprint density at radius 1 is 1.36 bits per heavy atom. The molecule has 1 aromatic carbocycles. The Hall–Kier alpha value is -2.46. The van der Waals surface area contributed by atoms with E-state index in [0.717, 1.165) is 0 Å². The monoisotopic (exact) mass is 319 g/mol. The molecular formula is C15H17N3O3S. The molecule has 0 unspecified atom stereocenters. The van der Waals surface area contributed by atoms with Crippen molar-refractivity contribution in [2.24, 2.45) is 5.92 Å². The Morgan fingerprint density at radius 2 is 2.05 bits per heavy atom. The predicted octanol–water partition coefficient (Wildman–Crippen LogP) is 1.94. The molecule has 0 amide bonds. The number of carbonyl (C=O) groups is 1. The highest BCUT2D eigenvalue weighted by molar-refractivity contribution is 8.07. The van der Waals surface area contributed by atoms with Crippen LogP contribution in [0.1, 0.15) is 30.8 Å². The van der Waals surface area contributed by atoms with Crippen molar-refractivity contribution in [3.63, 3.8) is 0 Å². The van der Waals surface area contributed by atoms with Crippen LogP contribution in [0.2, 0.25) is 0 Å². The summed E-state index contributed by atoms with van der Waals surface area (Å²) in [6.07, 6.45) is 0.570. The third kappa shape index (κ3) is 3.23. The van der Waals surface area contributed by atoms with Gasteiger partial charge in [0.15, 0.2) is 0 Å². The molecular weight excluding hydrogens is 302 g/mol. The van der Waals surface area contributed by atoms with Crippen molar-refractivity contribution in [3.8, 4) is 11.2 Å². The molecule has 116 valence electrons. The van der Waals surface area contributed by atoms with Crippen molar-refractivity contribution >= 4 is 15.9 Å². The predicted molar refractivity (Wildman–Crippen MR) is 83.1 cm³/mol. The number of carboxylic acids is 1. The number of aromatic amines is 1. The number of hydrogen-bond donors (Lipinski definition) is 3. The summed E-state index contributed by atoms with van der Waals surface area (Å²) in [5, 5.41) is 21.4. The fourth-order valence-electron chi connectivity index (χ4n) is 1.83. The molecule has 1 heterocycles. The Morgan fingerprint density at radius 3 is 2.64 bits per heavy atom. The minimum Gasteiger partial charge on any atom is -0.476 e. The van der Waals surface area contributed by atoms with Crippen LogP contribution in [0.3, 0.4) is 0 Å². The van der Waals surface area contributed by atoms with E-state index < -0.39 is 15.9 Å². The number of hydrogen-bond acceptors (Lipinski definition) is 4. The smallest absolute Gasteiger partial charge is 0.359 e. The lowest BCUT2D eigenvalue weighted by atomic mass is 10.1. The van der Waals surface area contributed by atoms with Gasteiger partial charge in [0.25, 0.3) is 0 Å². The number of aromatic carboxylic acids is 1. The van der Waals surface area contributed by atoms with E-state index in [4.69, 9.17) is 0 Å². The number of rotatable bonds is 4. The Bertz CT molecular complexity index is 772. The van der Waals surface area contributed by atoms with Crippen molar-refractivity contribution in [3.05, 3.63) is 36.0 Å². The minimum absolute atomic E-state index is 0.0394. The Kier molecular flexibility index (Phi) is 4.73. The number of carboxylic acid groups (broad SMARTS) is 1. The van der Waals surface area contributed by atoms with Crippen LogP contribution in [-0.2, 0) is 9.93 Å². The van der Waals surface area contributed by atoms with Gasteiger partial charge in [0.1, 0.15) is 5.03 Å². The van der Waals surface area contributed by atoms with Crippen LogP contribution in [0, 0.1) is 17.1 Å². The third-order valence-corrected chi connectivity index (χ3v) is 5.35. The van der Waals surface area contributed by atoms with Crippen LogP contribution in [0.15, 0.2) is 40.3 Å². The van der Waals surface area contributed by atoms with Crippen molar-refractivity contribution < 1.29 is 14.1 Å². The number of aromatic nitrogens is 3. The van der Waals surface area contributed by atoms with Crippen molar-refractivity contribution in [1.82, 2.24) is 15.4 Å². The van der Waals surface area contributed by atoms with E-state index in [2.05, 4.69) is 26.6 Å². The van der Waals surface area contributed by atoms with Crippen LogP contribution >= 0.6 is 0 Å². The molecule has 0 aliphatic heterocycles. The summed E-state index contributed by atoms with van der Waals surface area (Å²) < 4.78 is 13.4. The molecule has 2 N–H and O–H groups in total. The van der Waals surface area contributed by atoms with Gasteiger partial charge in [-0.15, -0.1) is 5.10 Å². The van der Waals surface area contributed by atoms with Gasteiger partial charge in [-0.25, -0.2) is 9.89 Å². The van der Waals surface area contributed by atoms with Gasteiger partial charge in [0.05, 0.1) is 0 Å². The third-order valence-electron chi connectivity index (χ3n) is 2.91. The molecule has 0 aliphatic carbocycles. The zero-order chi connectivity index (χ0) is 16.2. The highest BCUT2D eigenvalue weighted by atomic mass is 32.2. The summed E-state index contributed by atoms with van der Waals surface area (Å²) in [5.74, 6) is 1.94. The van der Waals surface area contributed by atoms with Crippen LogP contribution in [0.5, 0.6) is 0 Å². The lowest BCUT2D eigenvalue weighted by Crippen LogP contribution is -2.15. The van der Waals surface area contributed by atoms with Gasteiger partial charge in [-0.3, -0.25) is 4.21 Å². The van der Waals surface area contributed by atoms with Gasteiger partial charge in [-0.05, 0) is 23.3 Å². The average molecular weight is 319 g/mol. The van der Waals surface area contributed by atoms with Gasteiger partial charge in [-0.1, -0.05) is 43.2 Å². The van der Waals surface area contributed by atoms with Gasteiger partial charge in [-0.2, -0.15) is 0 Å². The van der Waals surface area contributed by atoms with Gasteiger partial charge in [0.2, 0.25) is 5.69 Å². The Labute approximate surface area is 129 Å². The molecule has 0 aliphatic rings. The quantitative estimate of drug-likeness (QED) is 0.591. The fraction of sp³-hybridized carbons (Fsp3) is 0.267. The summed E-state index contributed by atoms with van der Waals surface area (Å²) in [6.45, 7) is 4.01. The van der Waals surface area contributed by atoms with Crippen LogP contribution < -0.4 is 0 Å². The first kappa shape index (κ1) is 15.9. The fourth-order valence-corrected chi connectivity index (χ4v) is 3.86. The molecule has 22 heavy (non-hydrogen) atoms. The molecule has 0 saturated heterocycles. The molecule has 1 aromatic heterocycles. The highest BCUT2D eigenvalue weighted by Crippen LogP contribution is 2.28. The summed E-state index contributed by atoms with van der Waals surface area (Å²) in [4.78, 5) is 11.7. The highest BCUT2D eigenvalue weighted by Gasteiger charge is 2.28. The number of thiol groups is 1. The average Bonchev–Trinajstić information content (AvgIpc) is 2.98. The lowest BCUT2D eigenvalue weighted by Gasteiger charge is -2.16. The zero-order valence-electron chi connectivity index (χ0n) is 12.3. The first-order valence-corrected chi connectivity index (χ1v) is 8.46. The van der Waals surface area contributed by atoms with Gasteiger partial charge >= 0.3 is 5.97 Å². The molecule has 0 spiro atoms. The maximum Gasteiger partial charge on any atom is 0.359 e. The van der Waals surface area contributed by atoms with Gasteiger partial charge in [0, 0.05) is 21.2 Å².